The predicted molar refractivity (Wildman–Crippen MR) is 114 cm³/mol. The standard InChI is InChI=1S/C22H15ClF3N5O/c23-17-12-15(5-6-19(17)32-16-4-1-3-14(11-16)22(24,25)26)30-21-20-18(28-13-29-21)7-10-31(20)9-2-8-27/h1,3-7,10-13H,2,9H2,(H,28,29,30). The van der Waals surface area contributed by atoms with Gasteiger partial charge in [0.15, 0.2) is 5.82 Å². The van der Waals surface area contributed by atoms with E-state index in [1.807, 2.05) is 16.8 Å². The normalized spacial score (nSPS) is 11.3. The van der Waals surface area contributed by atoms with Gasteiger partial charge >= 0.3 is 6.18 Å². The van der Waals surface area contributed by atoms with Gasteiger partial charge in [-0.3, -0.25) is 0 Å². The minimum Gasteiger partial charge on any atom is -0.456 e. The summed E-state index contributed by atoms with van der Waals surface area (Å²) in [5, 5.41) is 12.2. The largest absolute Gasteiger partial charge is 0.456 e. The summed E-state index contributed by atoms with van der Waals surface area (Å²) < 4.78 is 46.2. The van der Waals surface area contributed by atoms with Gasteiger partial charge in [0.1, 0.15) is 23.3 Å². The molecule has 0 saturated heterocycles. The van der Waals surface area contributed by atoms with E-state index in [2.05, 4.69) is 21.4 Å². The molecule has 0 radical (unpaired) electrons. The lowest BCUT2D eigenvalue weighted by atomic mass is 10.2. The van der Waals surface area contributed by atoms with Crippen molar-refractivity contribution in [3.05, 3.63) is 71.6 Å². The fourth-order valence-corrected chi connectivity index (χ4v) is 3.36. The SMILES string of the molecule is N#CCCn1ccc2ncnc(Nc3ccc(Oc4cccc(C(F)(F)F)c4)c(Cl)c3)c21. The van der Waals surface area contributed by atoms with E-state index in [0.717, 1.165) is 23.2 Å². The number of nitriles is 1. The number of hydrogen-bond donors (Lipinski definition) is 1. The number of fused-ring (bicyclic) bond motifs is 1. The van der Waals surface area contributed by atoms with Crippen molar-refractivity contribution >= 4 is 34.1 Å². The number of benzene rings is 2. The summed E-state index contributed by atoms with van der Waals surface area (Å²) in [5.41, 5.74) is 1.25. The molecule has 32 heavy (non-hydrogen) atoms. The fourth-order valence-electron chi connectivity index (χ4n) is 3.14. The van der Waals surface area contributed by atoms with Gasteiger partial charge in [0.05, 0.1) is 28.6 Å². The summed E-state index contributed by atoms with van der Waals surface area (Å²) in [6, 6.07) is 13.3. The minimum absolute atomic E-state index is 0.0234. The van der Waals surface area contributed by atoms with Crippen LogP contribution in [0.4, 0.5) is 24.7 Å². The molecule has 162 valence electrons. The molecule has 0 unspecified atom stereocenters. The van der Waals surface area contributed by atoms with Gasteiger partial charge in [0.25, 0.3) is 0 Å². The molecule has 0 saturated carbocycles. The number of alkyl halides is 3. The average Bonchev–Trinajstić information content (AvgIpc) is 3.18. The zero-order chi connectivity index (χ0) is 22.7. The molecule has 0 spiro atoms. The van der Waals surface area contributed by atoms with Crippen molar-refractivity contribution < 1.29 is 17.9 Å². The molecule has 0 amide bonds. The molecule has 0 aliphatic heterocycles. The van der Waals surface area contributed by atoms with Gasteiger partial charge in [-0.05, 0) is 42.5 Å². The van der Waals surface area contributed by atoms with Gasteiger partial charge in [-0.15, -0.1) is 0 Å². The Bertz CT molecular complexity index is 1310. The molecule has 10 heteroatoms. The zero-order valence-corrected chi connectivity index (χ0v) is 17.2. The predicted octanol–water partition coefficient (Wildman–Crippen LogP) is 6.55. The van der Waals surface area contributed by atoms with Crippen molar-refractivity contribution in [2.24, 2.45) is 0 Å². The molecule has 0 aliphatic rings. The Morgan fingerprint density at radius 2 is 1.97 bits per heavy atom. The molecule has 0 fully saturated rings. The van der Waals surface area contributed by atoms with Crippen LogP contribution in [0.5, 0.6) is 11.5 Å². The number of aryl methyl sites for hydroxylation is 1. The van der Waals surface area contributed by atoms with E-state index in [1.165, 1.54) is 18.5 Å². The molecule has 6 nitrogen and oxygen atoms in total. The molecular weight excluding hydrogens is 443 g/mol. The highest BCUT2D eigenvalue weighted by atomic mass is 35.5. The molecule has 0 aliphatic carbocycles. The number of anilines is 2. The van der Waals surface area contributed by atoms with Crippen LogP contribution in [0.3, 0.4) is 0 Å². The highest BCUT2D eigenvalue weighted by molar-refractivity contribution is 6.32. The number of ether oxygens (including phenoxy) is 1. The average molecular weight is 458 g/mol. The molecule has 0 atom stereocenters. The number of nitrogens with one attached hydrogen (secondary N) is 1. The minimum atomic E-state index is -4.47. The summed E-state index contributed by atoms with van der Waals surface area (Å²) in [4.78, 5) is 8.52. The maximum atomic E-state index is 12.9. The van der Waals surface area contributed by atoms with Crippen LogP contribution in [-0.2, 0) is 12.7 Å². The van der Waals surface area contributed by atoms with Crippen LogP contribution in [0.1, 0.15) is 12.0 Å². The first-order chi connectivity index (χ1) is 15.3. The third-order valence-corrected chi connectivity index (χ3v) is 4.89. The van der Waals surface area contributed by atoms with Gasteiger partial charge in [0, 0.05) is 18.4 Å². The number of aromatic nitrogens is 3. The second-order valence-corrected chi connectivity index (χ2v) is 7.18. The van der Waals surface area contributed by atoms with Crippen LogP contribution < -0.4 is 10.1 Å². The number of hydrogen-bond acceptors (Lipinski definition) is 5. The Morgan fingerprint density at radius 1 is 1.12 bits per heavy atom. The molecule has 2 aromatic heterocycles. The molecule has 4 aromatic rings. The third kappa shape index (κ3) is 4.60. The quantitative estimate of drug-likeness (QED) is 0.355. The van der Waals surface area contributed by atoms with Crippen LogP contribution in [0.25, 0.3) is 11.0 Å². The second-order valence-electron chi connectivity index (χ2n) is 6.77. The smallest absolute Gasteiger partial charge is 0.416 e. The molecule has 2 aromatic carbocycles. The Morgan fingerprint density at radius 3 is 2.72 bits per heavy atom. The van der Waals surface area contributed by atoms with Crippen molar-refractivity contribution in [1.29, 1.82) is 5.26 Å². The van der Waals surface area contributed by atoms with E-state index < -0.39 is 11.7 Å². The van der Waals surface area contributed by atoms with Crippen LogP contribution in [0.2, 0.25) is 5.02 Å². The van der Waals surface area contributed by atoms with E-state index in [9.17, 15) is 13.2 Å². The first kappa shape index (κ1) is 21.5. The molecule has 1 N–H and O–H groups in total. The summed E-state index contributed by atoms with van der Waals surface area (Å²) in [7, 11) is 0. The molecular formula is C22H15ClF3N5O. The van der Waals surface area contributed by atoms with Gasteiger partial charge in [-0.25, -0.2) is 9.97 Å². The maximum Gasteiger partial charge on any atom is 0.416 e. The Kier molecular flexibility index (Phi) is 5.88. The summed E-state index contributed by atoms with van der Waals surface area (Å²) >= 11 is 6.31. The lowest BCUT2D eigenvalue weighted by Crippen LogP contribution is -2.04. The number of nitrogens with zero attached hydrogens (tertiary/aromatic N) is 4. The lowest BCUT2D eigenvalue weighted by Gasteiger charge is -2.13. The van der Waals surface area contributed by atoms with Crippen molar-refractivity contribution in [2.75, 3.05) is 5.32 Å². The topological polar surface area (TPSA) is 75.8 Å². The highest BCUT2D eigenvalue weighted by Gasteiger charge is 2.30. The summed E-state index contributed by atoms with van der Waals surface area (Å²) in [6.07, 6.45) is -0.872. The van der Waals surface area contributed by atoms with E-state index in [4.69, 9.17) is 21.6 Å². The van der Waals surface area contributed by atoms with E-state index in [-0.39, 0.29) is 16.5 Å². The van der Waals surface area contributed by atoms with Crippen LogP contribution >= 0.6 is 11.6 Å². The van der Waals surface area contributed by atoms with E-state index >= 15 is 0 Å². The Labute approximate surface area is 185 Å². The van der Waals surface area contributed by atoms with Crippen LogP contribution in [-0.4, -0.2) is 14.5 Å². The van der Waals surface area contributed by atoms with E-state index in [0.29, 0.717) is 24.5 Å². The highest BCUT2D eigenvalue weighted by Crippen LogP contribution is 2.36. The Balaban J connectivity index is 1.57. The van der Waals surface area contributed by atoms with Gasteiger partial charge in [-0.2, -0.15) is 18.4 Å². The second kappa shape index (κ2) is 8.77. The molecule has 0 bridgehead atoms. The third-order valence-electron chi connectivity index (χ3n) is 4.60. The van der Waals surface area contributed by atoms with Crippen LogP contribution in [0.15, 0.2) is 61.1 Å². The lowest BCUT2D eigenvalue weighted by molar-refractivity contribution is -0.137. The van der Waals surface area contributed by atoms with Crippen LogP contribution in [0, 0.1) is 11.3 Å². The monoisotopic (exact) mass is 457 g/mol. The van der Waals surface area contributed by atoms with Gasteiger partial charge in [0.2, 0.25) is 0 Å². The Hall–Kier alpha value is -3.77. The molecule has 4 rings (SSSR count). The van der Waals surface area contributed by atoms with Gasteiger partial charge < -0.3 is 14.6 Å². The van der Waals surface area contributed by atoms with Crippen molar-refractivity contribution in [3.63, 3.8) is 0 Å². The fraction of sp³-hybridized carbons (Fsp3) is 0.136. The number of halogens is 4. The number of rotatable bonds is 6. The first-order valence-electron chi connectivity index (χ1n) is 9.43. The van der Waals surface area contributed by atoms with Crippen molar-refractivity contribution in [2.45, 2.75) is 19.1 Å². The summed E-state index contributed by atoms with van der Waals surface area (Å²) in [5.74, 6) is 0.762. The maximum absolute atomic E-state index is 12.9. The van der Waals surface area contributed by atoms with Gasteiger partial charge in [-0.1, -0.05) is 17.7 Å². The van der Waals surface area contributed by atoms with Crippen molar-refractivity contribution in [3.8, 4) is 17.6 Å². The van der Waals surface area contributed by atoms with Crippen molar-refractivity contribution in [1.82, 2.24) is 14.5 Å². The zero-order valence-electron chi connectivity index (χ0n) is 16.4. The molecule has 2 heterocycles. The van der Waals surface area contributed by atoms with E-state index in [1.54, 1.807) is 18.2 Å². The first-order valence-corrected chi connectivity index (χ1v) is 9.81. The summed E-state index contributed by atoms with van der Waals surface area (Å²) in [6.45, 7) is 0.493.